The third kappa shape index (κ3) is 4.19. The zero-order chi connectivity index (χ0) is 13.0. The minimum atomic E-state index is 0.459. The summed E-state index contributed by atoms with van der Waals surface area (Å²) in [6, 6.07) is 0. The monoisotopic (exact) mass is 268 g/mol. The first-order valence-corrected chi connectivity index (χ1v) is 6.92. The molecule has 5 heteroatoms. The van der Waals surface area contributed by atoms with Crippen LogP contribution in [-0.2, 0) is 6.54 Å². The largest absolute Gasteiger partial charge is 0.301 e. The summed E-state index contributed by atoms with van der Waals surface area (Å²) in [7, 11) is 0. The molecule has 100 valence electrons. The molecule has 0 spiro atoms. The maximum atomic E-state index is 5.73. The molecule has 4 nitrogen and oxygen atoms in total. The molecule has 0 atom stereocenters. The van der Waals surface area contributed by atoms with Crippen molar-refractivity contribution in [1.29, 1.82) is 0 Å². The summed E-state index contributed by atoms with van der Waals surface area (Å²) in [6.07, 6.45) is 3.38. The van der Waals surface area contributed by atoms with Crippen LogP contribution in [0.5, 0.6) is 0 Å². The van der Waals surface area contributed by atoms with Crippen molar-refractivity contribution < 1.29 is 0 Å². The molecule has 2 rings (SSSR count). The Hall–Kier alpha value is -0.710. The number of piperazine rings is 1. The van der Waals surface area contributed by atoms with Crippen LogP contribution < -0.4 is 0 Å². The second-order valence-electron chi connectivity index (χ2n) is 5.30. The molecule has 0 bridgehead atoms. The van der Waals surface area contributed by atoms with Crippen LogP contribution in [0, 0.1) is 5.92 Å². The van der Waals surface area contributed by atoms with Gasteiger partial charge < -0.3 is 4.90 Å². The highest BCUT2D eigenvalue weighted by atomic mass is 35.5. The van der Waals surface area contributed by atoms with Crippen molar-refractivity contribution in [3.05, 3.63) is 23.2 Å². The Bertz CT molecular complexity index is 358. The van der Waals surface area contributed by atoms with Crippen LogP contribution in [0.3, 0.4) is 0 Å². The summed E-state index contributed by atoms with van der Waals surface area (Å²) in [4.78, 5) is 13.3. The predicted octanol–water partition coefficient (Wildman–Crippen LogP) is 1.90. The Kier molecular flexibility index (Phi) is 4.92. The quantitative estimate of drug-likeness (QED) is 0.835. The molecule has 1 saturated heterocycles. The molecule has 1 fully saturated rings. The van der Waals surface area contributed by atoms with E-state index in [1.165, 1.54) is 6.54 Å². The van der Waals surface area contributed by atoms with Crippen LogP contribution in [0.15, 0.2) is 12.4 Å². The number of hydrogen-bond donors (Lipinski definition) is 0. The van der Waals surface area contributed by atoms with E-state index < -0.39 is 0 Å². The second kappa shape index (κ2) is 6.45. The Morgan fingerprint density at radius 2 is 1.78 bits per heavy atom. The molecule has 0 aliphatic carbocycles. The van der Waals surface area contributed by atoms with Gasteiger partial charge in [0.2, 0.25) is 0 Å². The van der Waals surface area contributed by atoms with E-state index in [-0.39, 0.29) is 0 Å². The van der Waals surface area contributed by atoms with Gasteiger partial charge in [0.25, 0.3) is 0 Å². The molecule has 0 N–H and O–H groups in total. The maximum absolute atomic E-state index is 5.73. The van der Waals surface area contributed by atoms with Crippen molar-refractivity contribution in [1.82, 2.24) is 19.8 Å². The minimum Gasteiger partial charge on any atom is -0.301 e. The van der Waals surface area contributed by atoms with Gasteiger partial charge in [-0.25, -0.2) is 4.98 Å². The number of nitrogens with zero attached hydrogens (tertiary/aromatic N) is 4. The van der Waals surface area contributed by atoms with Gasteiger partial charge in [-0.05, 0) is 5.92 Å². The van der Waals surface area contributed by atoms with Crippen molar-refractivity contribution in [2.24, 2.45) is 5.92 Å². The first-order chi connectivity index (χ1) is 8.63. The van der Waals surface area contributed by atoms with Crippen molar-refractivity contribution in [3.8, 4) is 0 Å². The van der Waals surface area contributed by atoms with Crippen LogP contribution in [-0.4, -0.2) is 52.5 Å². The van der Waals surface area contributed by atoms with Gasteiger partial charge in [0.1, 0.15) is 5.15 Å². The molecule has 0 radical (unpaired) electrons. The molecule has 0 saturated carbocycles. The molecule has 1 aromatic rings. The molecule has 18 heavy (non-hydrogen) atoms. The second-order valence-corrected chi connectivity index (χ2v) is 5.69. The standard InChI is InChI=1S/C13H21ClN4/c1-11(2)9-17-3-5-18(6-4-17)10-12-7-16-13(14)8-15-12/h7-8,11H,3-6,9-10H2,1-2H3. The summed E-state index contributed by atoms with van der Waals surface area (Å²) in [5.41, 5.74) is 0.997. The summed E-state index contributed by atoms with van der Waals surface area (Å²) in [5.74, 6) is 0.749. The molecule has 1 aliphatic rings. The molecule has 2 heterocycles. The normalized spacial score (nSPS) is 18.4. The fourth-order valence-electron chi connectivity index (χ4n) is 2.30. The molecule has 1 aliphatic heterocycles. The molecular weight excluding hydrogens is 248 g/mol. The zero-order valence-corrected chi connectivity index (χ0v) is 11.9. The van der Waals surface area contributed by atoms with Gasteiger partial charge in [0, 0.05) is 39.3 Å². The Labute approximate surface area is 114 Å². The van der Waals surface area contributed by atoms with Crippen LogP contribution in [0.25, 0.3) is 0 Å². The first-order valence-electron chi connectivity index (χ1n) is 6.54. The summed E-state index contributed by atoms with van der Waals surface area (Å²) in [5, 5.41) is 0.459. The lowest BCUT2D eigenvalue weighted by atomic mass is 10.2. The third-order valence-corrected chi connectivity index (χ3v) is 3.34. The molecule has 1 aromatic heterocycles. The lowest BCUT2D eigenvalue weighted by Crippen LogP contribution is -2.46. The first kappa shape index (κ1) is 13.7. The van der Waals surface area contributed by atoms with Gasteiger partial charge in [-0.15, -0.1) is 0 Å². The van der Waals surface area contributed by atoms with Crippen molar-refractivity contribution in [3.63, 3.8) is 0 Å². The SMILES string of the molecule is CC(C)CN1CCN(Cc2cnc(Cl)cn2)CC1. The number of halogens is 1. The van der Waals surface area contributed by atoms with E-state index in [1.54, 1.807) is 12.4 Å². The molecule has 0 amide bonds. The minimum absolute atomic E-state index is 0.459. The van der Waals surface area contributed by atoms with E-state index >= 15 is 0 Å². The Morgan fingerprint density at radius 3 is 2.33 bits per heavy atom. The van der Waals surface area contributed by atoms with Gasteiger partial charge >= 0.3 is 0 Å². The van der Waals surface area contributed by atoms with E-state index in [0.717, 1.165) is 44.3 Å². The smallest absolute Gasteiger partial charge is 0.147 e. The Balaban J connectivity index is 1.78. The topological polar surface area (TPSA) is 32.3 Å². The van der Waals surface area contributed by atoms with Crippen LogP contribution in [0.2, 0.25) is 5.15 Å². The fraction of sp³-hybridized carbons (Fsp3) is 0.692. The highest BCUT2D eigenvalue weighted by molar-refractivity contribution is 6.29. The van der Waals surface area contributed by atoms with Crippen molar-refractivity contribution >= 4 is 11.6 Å². The lowest BCUT2D eigenvalue weighted by molar-refractivity contribution is 0.116. The molecule has 0 unspecified atom stereocenters. The van der Waals surface area contributed by atoms with E-state index in [2.05, 4.69) is 33.6 Å². The van der Waals surface area contributed by atoms with Crippen molar-refractivity contribution in [2.45, 2.75) is 20.4 Å². The van der Waals surface area contributed by atoms with E-state index in [4.69, 9.17) is 11.6 Å². The highest BCUT2D eigenvalue weighted by Gasteiger charge is 2.17. The van der Waals surface area contributed by atoms with Crippen LogP contribution in [0.1, 0.15) is 19.5 Å². The summed E-state index contributed by atoms with van der Waals surface area (Å²) in [6.45, 7) is 11.1. The van der Waals surface area contributed by atoms with Gasteiger partial charge in [0.05, 0.1) is 18.1 Å². The average molecular weight is 269 g/mol. The van der Waals surface area contributed by atoms with Gasteiger partial charge in [-0.1, -0.05) is 25.4 Å². The number of aromatic nitrogens is 2. The van der Waals surface area contributed by atoms with Crippen molar-refractivity contribution in [2.75, 3.05) is 32.7 Å². The summed E-state index contributed by atoms with van der Waals surface area (Å²) >= 11 is 5.73. The van der Waals surface area contributed by atoms with E-state index in [9.17, 15) is 0 Å². The predicted molar refractivity (Wildman–Crippen MR) is 73.6 cm³/mol. The Morgan fingerprint density at radius 1 is 1.11 bits per heavy atom. The van der Waals surface area contributed by atoms with Crippen LogP contribution >= 0.6 is 11.6 Å². The molecular formula is C13H21ClN4. The van der Waals surface area contributed by atoms with Gasteiger partial charge in [-0.2, -0.15) is 0 Å². The average Bonchev–Trinajstić information content (AvgIpc) is 2.34. The van der Waals surface area contributed by atoms with E-state index in [0.29, 0.717) is 5.15 Å². The third-order valence-electron chi connectivity index (χ3n) is 3.15. The molecule has 0 aromatic carbocycles. The number of rotatable bonds is 4. The van der Waals surface area contributed by atoms with Gasteiger partial charge in [-0.3, -0.25) is 9.88 Å². The number of hydrogen-bond acceptors (Lipinski definition) is 4. The lowest BCUT2D eigenvalue weighted by Gasteiger charge is -2.35. The zero-order valence-electron chi connectivity index (χ0n) is 11.1. The maximum Gasteiger partial charge on any atom is 0.147 e. The fourth-order valence-corrected chi connectivity index (χ4v) is 2.39. The van der Waals surface area contributed by atoms with Crippen LogP contribution in [0.4, 0.5) is 0 Å². The van der Waals surface area contributed by atoms with Gasteiger partial charge in [0.15, 0.2) is 0 Å². The highest BCUT2D eigenvalue weighted by Crippen LogP contribution is 2.09. The summed E-state index contributed by atoms with van der Waals surface area (Å²) < 4.78 is 0. The van der Waals surface area contributed by atoms with E-state index in [1.807, 2.05) is 0 Å².